The van der Waals surface area contributed by atoms with E-state index >= 15 is 0 Å². The Bertz CT molecular complexity index is 808. The molecule has 6 nitrogen and oxygen atoms in total. The molecule has 3 rings (SSSR count). The first-order valence-electron chi connectivity index (χ1n) is 6.44. The number of hydrogen-bond acceptors (Lipinski definition) is 4. The number of benzene rings is 1. The molecule has 0 fully saturated rings. The SMILES string of the molecule is Cc1cc2c(N(C)c3ccc(C(=O)O)cc3)nccn2n1. The van der Waals surface area contributed by atoms with Crippen LogP contribution in [0.1, 0.15) is 16.1 Å². The van der Waals surface area contributed by atoms with Crippen molar-refractivity contribution in [3.63, 3.8) is 0 Å². The summed E-state index contributed by atoms with van der Waals surface area (Å²) in [6.07, 6.45) is 3.49. The van der Waals surface area contributed by atoms with Crippen molar-refractivity contribution in [2.75, 3.05) is 11.9 Å². The zero-order valence-corrected chi connectivity index (χ0v) is 11.7. The lowest BCUT2D eigenvalue weighted by Gasteiger charge is -2.19. The van der Waals surface area contributed by atoms with E-state index in [-0.39, 0.29) is 5.56 Å². The Balaban J connectivity index is 2.03. The number of carbonyl (C=O) groups is 1. The lowest BCUT2D eigenvalue weighted by atomic mass is 10.2. The zero-order valence-electron chi connectivity index (χ0n) is 11.7. The highest BCUT2D eigenvalue weighted by Crippen LogP contribution is 2.26. The second kappa shape index (κ2) is 4.90. The van der Waals surface area contributed by atoms with Crippen molar-refractivity contribution in [3.05, 3.63) is 54.0 Å². The molecular formula is C15H14N4O2. The minimum absolute atomic E-state index is 0.263. The molecule has 0 unspecified atom stereocenters. The monoisotopic (exact) mass is 282 g/mol. The fraction of sp³-hybridized carbons (Fsp3) is 0.133. The van der Waals surface area contributed by atoms with E-state index in [4.69, 9.17) is 5.11 Å². The Hall–Kier alpha value is -2.89. The van der Waals surface area contributed by atoms with Gasteiger partial charge in [0, 0.05) is 25.1 Å². The normalized spacial score (nSPS) is 10.8. The van der Waals surface area contributed by atoms with Gasteiger partial charge < -0.3 is 10.0 Å². The second-order valence-corrected chi connectivity index (χ2v) is 4.78. The zero-order chi connectivity index (χ0) is 15.0. The molecule has 0 radical (unpaired) electrons. The molecule has 1 aromatic carbocycles. The van der Waals surface area contributed by atoms with Crippen molar-refractivity contribution in [2.45, 2.75) is 6.92 Å². The summed E-state index contributed by atoms with van der Waals surface area (Å²) < 4.78 is 1.78. The van der Waals surface area contributed by atoms with Crippen LogP contribution in [0.5, 0.6) is 0 Å². The Labute approximate surface area is 121 Å². The van der Waals surface area contributed by atoms with Gasteiger partial charge in [0.2, 0.25) is 0 Å². The topological polar surface area (TPSA) is 70.7 Å². The number of aromatic carboxylic acids is 1. The quantitative estimate of drug-likeness (QED) is 0.799. The molecule has 0 bridgehead atoms. The maximum Gasteiger partial charge on any atom is 0.335 e. The number of aromatic nitrogens is 3. The summed E-state index contributed by atoms with van der Waals surface area (Å²) in [5.74, 6) is -0.169. The van der Waals surface area contributed by atoms with Gasteiger partial charge in [-0.25, -0.2) is 14.3 Å². The van der Waals surface area contributed by atoms with Crippen molar-refractivity contribution in [3.8, 4) is 0 Å². The van der Waals surface area contributed by atoms with Gasteiger partial charge in [0.25, 0.3) is 0 Å². The first-order valence-corrected chi connectivity index (χ1v) is 6.44. The van der Waals surface area contributed by atoms with E-state index in [1.807, 2.05) is 24.9 Å². The highest BCUT2D eigenvalue weighted by molar-refractivity contribution is 5.88. The Morgan fingerprint density at radius 1 is 1.29 bits per heavy atom. The summed E-state index contributed by atoms with van der Waals surface area (Å²) in [7, 11) is 1.89. The highest BCUT2D eigenvalue weighted by atomic mass is 16.4. The molecule has 1 N–H and O–H groups in total. The predicted molar refractivity (Wildman–Crippen MR) is 79.2 cm³/mol. The molecule has 21 heavy (non-hydrogen) atoms. The average Bonchev–Trinajstić information content (AvgIpc) is 2.86. The summed E-state index contributed by atoms with van der Waals surface area (Å²) >= 11 is 0. The van der Waals surface area contributed by atoms with Gasteiger partial charge in [-0.05, 0) is 37.3 Å². The van der Waals surface area contributed by atoms with Crippen LogP contribution in [0.4, 0.5) is 11.5 Å². The molecule has 0 aliphatic carbocycles. The molecule has 0 saturated carbocycles. The van der Waals surface area contributed by atoms with E-state index in [9.17, 15) is 4.79 Å². The predicted octanol–water partition coefficient (Wildman–Crippen LogP) is 2.50. The Morgan fingerprint density at radius 3 is 2.67 bits per heavy atom. The van der Waals surface area contributed by atoms with Gasteiger partial charge in [-0.1, -0.05) is 0 Å². The smallest absolute Gasteiger partial charge is 0.335 e. The maximum atomic E-state index is 10.9. The summed E-state index contributed by atoms with van der Waals surface area (Å²) in [5, 5.41) is 13.3. The molecular weight excluding hydrogens is 268 g/mol. The van der Waals surface area contributed by atoms with E-state index in [1.54, 1.807) is 41.2 Å². The first kappa shape index (κ1) is 13.1. The number of rotatable bonds is 3. The Kier molecular flexibility index (Phi) is 3.06. The molecule has 6 heteroatoms. The van der Waals surface area contributed by atoms with Crippen LogP contribution in [0.2, 0.25) is 0 Å². The highest BCUT2D eigenvalue weighted by Gasteiger charge is 2.12. The first-order chi connectivity index (χ1) is 10.1. The molecule has 0 spiro atoms. The Morgan fingerprint density at radius 2 is 2.00 bits per heavy atom. The molecule has 0 amide bonds. The van der Waals surface area contributed by atoms with Crippen molar-refractivity contribution in [1.29, 1.82) is 0 Å². The van der Waals surface area contributed by atoms with Crippen LogP contribution >= 0.6 is 0 Å². The minimum Gasteiger partial charge on any atom is -0.478 e. The van der Waals surface area contributed by atoms with Gasteiger partial charge in [-0.3, -0.25) is 0 Å². The van der Waals surface area contributed by atoms with E-state index < -0.39 is 5.97 Å². The van der Waals surface area contributed by atoms with Gasteiger partial charge in [0.1, 0.15) is 5.52 Å². The molecule has 2 aromatic heterocycles. The van der Waals surface area contributed by atoms with Crippen molar-refractivity contribution < 1.29 is 9.90 Å². The van der Waals surface area contributed by atoms with Crippen LogP contribution < -0.4 is 4.90 Å². The molecule has 106 valence electrons. The van der Waals surface area contributed by atoms with Gasteiger partial charge in [-0.15, -0.1) is 0 Å². The average molecular weight is 282 g/mol. The van der Waals surface area contributed by atoms with Crippen LogP contribution in [-0.2, 0) is 0 Å². The molecule has 0 aliphatic rings. The molecule has 0 atom stereocenters. The summed E-state index contributed by atoms with van der Waals surface area (Å²) in [5.41, 5.74) is 2.94. The summed E-state index contributed by atoms with van der Waals surface area (Å²) in [6, 6.07) is 8.64. The summed E-state index contributed by atoms with van der Waals surface area (Å²) in [6.45, 7) is 1.93. The van der Waals surface area contributed by atoms with Crippen molar-refractivity contribution >= 4 is 23.0 Å². The third-order valence-electron chi connectivity index (χ3n) is 3.31. The van der Waals surface area contributed by atoms with Crippen molar-refractivity contribution in [1.82, 2.24) is 14.6 Å². The van der Waals surface area contributed by atoms with E-state index in [0.717, 1.165) is 22.7 Å². The van der Waals surface area contributed by atoms with Gasteiger partial charge >= 0.3 is 5.97 Å². The number of carboxylic acids is 1. The van der Waals surface area contributed by atoms with Crippen LogP contribution in [0.15, 0.2) is 42.7 Å². The number of hydrogen-bond donors (Lipinski definition) is 1. The van der Waals surface area contributed by atoms with Crippen LogP contribution in [-0.4, -0.2) is 32.7 Å². The lowest BCUT2D eigenvalue weighted by Crippen LogP contribution is -2.12. The van der Waals surface area contributed by atoms with Crippen LogP contribution in [0.3, 0.4) is 0 Å². The third-order valence-corrected chi connectivity index (χ3v) is 3.31. The standard InChI is InChI=1S/C15H14N4O2/c1-10-9-13-14(16-7-8-19(13)17-10)18(2)12-5-3-11(4-6-12)15(20)21/h3-9H,1-2H3,(H,20,21). The molecule has 0 aliphatic heterocycles. The van der Waals surface area contributed by atoms with Crippen molar-refractivity contribution in [2.24, 2.45) is 0 Å². The number of aryl methyl sites for hydroxylation is 1. The molecule has 2 heterocycles. The van der Waals surface area contributed by atoms with Gasteiger partial charge in [0.05, 0.1) is 11.3 Å². The number of nitrogens with zero attached hydrogens (tertiary/aromatic N) is 4. The van der Waals surface area contributed by atoms with E-state index in [0.29, 0.717) is 0 Å². The molecule has 3 aromatic rings. The summed E-state index contributed by atoms with van der Waals surface area (Å²) in [4.78, 5) is 17.2. The van der Waals surface area contributed by atoms with Crippen LogP contribution in [0, 0.1) is 6.92 Å². The maximum absolute atomic E-state index is 10.9. The largest absolute Gasteiger partial charge is 0.478 e. The number of carboxylic acid groups (broad SMARTS) is 1. The number of fused-ring (bicyclic) bond motifs is 1. The van der Waals surface area contributed by atoms with E-state index in [1.165, 1.54) is 0 Å². The van der Waals surface area contributed by atoms with Gasteiger partial charge in [-0.2, -0.15) is 5.10 Å². The fourth-order valence-corrected chi connectivity index (χ4v) is 2.24. The van der Waals surface area contributed by atoms with Gasteiger partial charge in [0.15, 0.2) is 5.82 Å². The lowest BCUT2D eigenvalue weighted by molar-refractivity contribution is 0.0697. The fourth-order valence-electron chi connectivity index (χ4n) is 2.24. The molecule has 0 saturated heterocycles. The van der Waals surface area contributed by atoms with Crippen LogP contribution in [0.25, 0.3) is 5.52 Å². The van der Waals surface area contributed by atoms with E-state index in [2.05, 4.69) is 10.1 Å². The minimum atomic E-state index is -0.934. The third kappa shape index (κ3) is 2.31. The number of anilines is 2. The second-order valence-electron chi connectivity index (χ2n) is 4.78.